The van der Waals surface area contributed by atoms with Crippen molar-refractivity contribution < 1.29 is 14.4 Å². The predicted molar refractivity (Wildman–Crippen MR) is 159 cm³/mol. The first kappa shape index (κ1) is 26.8. The molecule has 1 aromatic heterocycles. The molecule has 7 rings (SSSR count). The van der Waals surface area contributed by atoms with Gasteiger partial charge in [-0.25, -0.2) is 9.59 Å². The number of piperidine rings is 2. The number of para-hydroxylation sites is 1. The first-order valence-electron chi connectivity index (χ1n) is 15.2. The first-order valence-corrected chi connectivity index (χ1v) is 15.2. The molecule has 2 fully saturated rings. The minimum Gasteiger partial charge on any atom is -0.333 e. The molecule has 0 aliphatic carbocycles. The third-order valence-electron chi connectivity index (χ3n) is 9.54. The number of hydrogen-bond donors (Lipinski definition) is 4. The smallest absolute Gasteiger partial charge is 0.322 e. The Hall–Kier alpha value is -4.12. The average molecular weight is 571 g/mol. The lowest BCUT2D eigenvalue weighted by molar-refractivity contribution is -0.137. The highest BCUT2D eigenvalue weighted by Crippen LogP contribution is 2.30. The van der Waals surface area contributed by atoms with E-state index in [2.05, 4.69) is 38.3 Å². The molecule has 0 saturated carbocycles. The maximum Gasteiger partial charge on any atom is 0.322 e. The molecule has 2 aromatic carbocycles. The van der Waals surface area contributed by atoms with Gasteiger partial charge in [-0.3, -0.25) is 9.89 Å². The van der Waals surface area contributed by atoms with E-state index < -0.39 is 6.04 Å². The number of carbonyl (C=O) groups is 3. The number of nitrogens with zero attached hydrogens (tertiary/aromatic N) is 4. The lowest BCUT2D eigenvalue weighted by atomic mass is 9.92. The van der Waals surface area contributed by atoms with Gasteiger partial charge < -0.3 is 30.7 Å². The number of aromatic nitrogens is 2. The van der Waals surface area contributed by atoms with Crippen molar-refractivity contribution in [1.82, 2.24) is 35.5 Å². The number of urea groups is 2. The van der Waals surface area contributed by atoms with Gasteiger partial charge in [0.25, 0.3) is 0 Å². The highest BCUT2D eigenvalue weighted by Gasteiger charge is 2.37. The number of likely N-dealkylation sites (tertiary alicyclic amines) is 1. The molecule has 2 saturated heterocycles. The summed E-state index contributed by atoms with van der Waals surface area (Å²) in [4.78, 5) is 46.1. The van der Waals surface area contributed by atoms with Crippen LogP contribution in [0.4, 0.5) is 15.3 Å². The molecular formula is C31H38N8O3. The molecule has 11 nitrogen and oxygen atoms in total. The quantitative estimate of drug-likeness (QED) is 0.385. The summed E-state index contributed by atoms with van der Waals surface area (Å²) in [5.41, 5.74) is 5.32. The fourth-order valence-corrected chi connectivity index (χ4v) is 7.11. The molecule has 0 unspecified atom stereocenters. The van der Waals surface area contributed by atoms with E-state index in [1.165, 1.54) is 5.56 Å². The highest BCUT2D eigenvalue weighted by molar-refractivity contribution is 5.92. The zero-order valence-corrected chi connectivity index (χ0v) is 23.8. The standard InChI is InChI=1S/C31H38N8O3/c40-29-28(8-6-20-5-7-27-24(17-33-36-27)25(20)19-38(29)22-9-13-32-14-10-22)35-30(41)37-15-11-23(12-16-37)39-18-21-3-1-2-4-26(21)34-31(39)42/h1-5,7,17,22-23,28,32H,6,8-16,18-19H2,(H,33,36)(H,34,42)(H,35,41)/t28-/m1/s1. The summed E-state index contributed by atoms with van der Waals surface area (Å²) in [7, 11) is 0. The van der Waals surface area contributed by atoms with E-state index >= 15 is 0 Å². The Labute approximate surface area is 245 Å². The summed E-state index contributed by atoms with van der Waals surface area (Å²) in [5, 5.41) is 17.9. The summed E-state index contributed by atoms with van der Waals surface area (Å²) in [6, 6.07) is 11.4. The number of aryl methyl sites for hydroxylation is 1. The molecule has 5 amide bonds. The van der Waals surface area contributed by atoms with Crippen LogP contribution in [-0.4, -0.2) is 87.2 Å². The van der Waals surface area contributed by atoms with Gasteiger partial charge in [0, 0.05) is 49.3 Å². The maximum absolute atomic E-state index is 14.1. The Morgan fingerprint density at radius 2 is 1.67 bits per heavy atom. The Bertz CT molecular complexity index is 1490. The van der Waals surface area contributed by atoms with Crippen LogP contribution in [0, 0.1) is 0 Å². The van der Waals surface area contributed by atoms with Crippen LogP contribution >= 0.6 is 0 Å². The molecule has 0 bridgehead atoms. The second-order valence-electron chi connectivity index (χ2n) is 12.0. The maximum atomic E-state index is 14.1. The SMILES string of the molecule is O=C(N[C@@H]1CCc2ccc3[nH]ncc3c2CN(C2CCNCC2)C1=O)N1CCC(N2Cc3ccccc3NC2=O)CC1. The number of benzene rings is 2. The van der Waals surface area contributed by atoms with Gasteiger partial charge in [0.1, 0.15) is 6.04 Å². The van der Waals surface area contributed by atoms with Gasteiger partial charge in [-0.15, -0.1) is 0 Å². The van der Waals surface area contributed by atoms with Crippen LogP contribution in [0.25, 0.3) is 10.9 Å². The molecule has 0 radical (unpaired) electrons. The fourth-order valence-electron chi connectivity index (χ4n) is 7.11. The molecule has 11 heteroatoms. The van der Waals surface area contributed by atoms with E-state index in [1.807, 2.05) is 40.3 Å². The third kappa shape index (κ3) is 5.06. The highest BCUT2D eigenvalue weighted by atomic mass is 16.2. The van der Waals surface area contributed by atoms with Gasteiger partial charge >= 0.3 is 12.1 Å². The van der Waals surface area contributed by atoms with Crippen molar-refractivity contribution in [3.8, 4) is 0 Å². The van der Waals surface area contributed by atoms with Crippen LogP contribution in [0.3, 0.4) is 0 Å². The molecule has 3 aromatic rings. The largest absolute Gasteiger partial charge is 0.333 e. The van der Waals surface area contributed by atoms with E-state index in [1.54, 1.807) is 4.90 Å². The zero-order chi connectivity index (χ0) is 28.6. The molecule has 220 valence electrons. The van der Waals surface area contributed by atoms with Crippen molar-refractivity contribution in [3.05, 3.63) is 59.3 Å². The van der Waals surface area contributed by atoms with Gasteiger partial charge in [0.05, 0.1) is 11.7 Å². The molecule has 1 atom stereocenters. The topological polar surface area (TPSA) is 126 Å². The van der Waals surface area contributed by atoms with E-state index in [0.717, 1.165) is 53.6 Å². The molecule has 42 heavy (non-hydrogen) atoms. The Kier molecular flexibility index (Phi) is 7.19. The predicted octanol–water partition coefficient (Wildman–Crippen LogP) is 3.18. The van der Waals surface area contributed by atoms with E-state index in [4.69, 9.17) is 0 Å². The van der Waals surface area contributed by atoms with Crippen LogP contribution in [0.15, 0.2) is 42.6 Å². The summed E-state index contributed by atoms with van der Waals surface area (Å²) in [6.07, 6.45) is 6.31. The molecule has 5 heterocycles. The van der Waals surface area contributed by atoms with E-state index in [9.17, 15) is 14.4 Å². The van der Waals surface area contributed by atoms with Crippen molar-refractivity contribution in [1.29, 1.82) is 0 Å². The van der Waals surface area contributed by atoms with Gasteiger partial charge in [-0.1, -0.05) is 24.3 Å². The number of fused-ring (bicyclic) bond motifs is 4. The minimum atomic E-state index is -0.581. The summed E-state index contributed by atoms with van der Waals surface area (Å²) < 4.78 is 0. The number of amides is 5. The van der Waals surface area contributed by atoms with Gasteiger partial charge in [0.15, 0.2) is 0 Å². The Morgan fingerprint density at radius 3 is 2.50 bits per heavy atom. The average Bonchev–Trinajstić information content (AvgIpc) is 3.50. The molecule has 4 N–H and O–H groups in total. The normalized spacial score (nSPS) is 22.3. The van der Waals surface area contributed by atoms with Gasteiger partial charge in [-0.2, -0.15) is 5.10 Å². The van der Waals surface area contributed by atoms with E-state index in [-0.39, 0.29) is 30.1 Å². The second-order valence-corrected chi connectivity index (χ2v) is 12.0. The Morgan fingerprint density at radius 1 is 0.881 bits per heavy atom. The summed E-state index contributed by atoms with van der Waals surface area (Å²) in [6.45, 7) is 3.95. The van der Waals surface area contributed by atoms with Crippen LogP contribution in [0.1, 0.15) is 48.8 Å². The van der Waals surface area contributed by atoms with Crippen molar-refractivity contribution in [3.63, 3.8) is 0 Å². The van der Waals surface area contributed by atoms with Gasteiger partial charge in [0.2, 0.25) is 5.91 Å². The lowest BCUT2D eigenvalue weighted by Crippen LogP contribution is -2.58. The molecule has 0 spiro atoms. The van der Waals surface area contributed by atoms with Crippen LogP contribution in [0.5, 0.6) is 0 Å². The fraction of sp³-hybridized carbons (Fsp3) is 0.484. The van der Waals surface area contributed by atoms with Crippen LogP contribution in [-0.2, 0) is 24.3 Å². The third-order valence-corrected chi connectivity index (χ3v) is 9.54. The number of hydrogen-bond acceptors (Lipinski definition) is 5. The molecule has 4 aliphatic heterocycles. The van der Waals surface area contributed by atoms with Crippen molar-refractivity contribution in [2.75, 3.05) is 31.5 Å². The zero-order valence-electron chi connectivity index (χ0n) is 23.8. The molecule has 4 aliphatic rings. The number of nitrogens with one attached hydrogen (secondary N) is 4. The minimum absolute atomic E-state index is 0.0000583. The summed E-state index contributed by atoms with van der Waals surface area (Å²) >= 11 is 0. The number of anilines is 1. The van der Waals surface area contributed by atoms with E-state index in [0.29, 0.717) is 51.9 Å². The van der Waals surface area contributed by atoms with Crippen LogP contribution in [0.2, 0.25) is 0 Å². The molecular weight excluding hydrogens is 532 g/mol. The van der Waals surface area contributed by atoms with Crippen molar-refractivity contribution in [2.24, 2.45) is 0 Å². The van der Waals surface area contributed by atoms with Crippen molar-refractivity contribution in [2.45, 2.75) is 69.7 Å². The van der Waals surface area contributed by atoms with Crippen LogP contribution < -0.4 is 16.0 Å². The number of rotatable bonds is 3. The Balaban J connectivity index is 1.04. The van der Waals surface area contributed by atoms with Crippen molar-refractivity contribution >= 4 is 34.6 Å². The second kappa shape index (κ2) is 11.3. The number of aromatic amines is 1. The number of H-pyrrole nitrogens is 1. The number of carbonyl (C=O) groups excluding carboxylic acids is 3. The summed E-state index contributed by atoms with van der Waals surface area (Å²) in [5.74, 6) is -0.0000583. The first-order chi connectivity index (χ1) is 20.5. The van der Waals surface area contributed by atoms with Gasteiger partial charge in [-0.05, 0) is 80.4 Å². The monoisotopic (exact) mass is 570 g/mol. The lowest BCUT2D eigenvalue weighted by Gasteiger charge is -2.41.